The van der Waals surface area contributed by atoms with Gasteiger partial charge in [-0.1, -0.05) is 0 Å². The van der Waals surface area contributed by atoms with Crippen LogP contribution in [0.25, 0.3) is 0 Å². The van der Waals surface area contributed by atoms with Crippen molar-refractivity contribution in [1.29, 1.82) is 0 Å². The summed E-state index contributed by atoms with van der Waals surface area (Å²) in [6.07, 6.45) is 1.86. The van der Waals surface area contributed by atoms with Crippen LogP contribution >= 0.6 is 0 Å². The van der Waals surface area contributed by atoms with E-state index in [-0.39, 0.29) is 5.82 Å². The Hall–Kier alpha value is -1.45. The van der Waals surface area contributed by atoms with Gasteiger partial charge in [0.25, 0.3) is 0 Å². The van der Waals surface area contributed by atoms with Gasteiger partial charge in [-0.05, 0) is 30.9 Å². The molecule has 0 aliphatic heterocycles. The van der Waals surface area contributed by atoms with E-state index in [1.54, 1.807) is 6.92 Å². The SMILES string of the molecule is Cc1ncc(F)c2c1CC(C(=O)O)C2. The van der Waals surface area contributed by atoms with Gasteiger partial charge in [-0.3, -0.25) is 9.78 Å². The molecule has 1 atom stereocenters. The molecule has 3 nitrogen and oxygen atoms in total. The van der Waals surface area contributed by atoms with Crippen molar-refractivity contribution in [3.8, 4) is 0 Å². The summed E-state index contributed by atoms with van der Waals surface area (Å²) in [5.74, 6) is -1.73. The molecule has 1 aliphatic carbocycles. The average molecular weight is 195 g/mol. The highest BCUT2D eigenvalue weighted by Gasteiger charge is 2.30. The van der Waals surface area contributed by atoms with E-state index in [1.807, 2.05) is 0 Å². The molecule has 1 aliphatic rings. The third-order valence-electron chi connectivity index (χ3n) is 2.71. The van der Waals surface area contributed by atoms with Crippen LogP contribution in [0.15, 0.2) is 6.20 Å². The lowest BCUT2D eigenvalue weighted by Crippen LogP contribution is -2.13. The fourth-order valence-electron chi connectivity index (χ4n) is 1.90. The summed E-state index contributed by atoms with van der Waals surface area (Å²) in [5.41, 5.74) is 2.05. The molecule has 1 heterocycles. The van der Waals surface area contributed by atoms with Crippen LogP contribution in [-0.2, 0) is 17.6 Å². The normalized spacial score (nSPS) is 19.4. The van der Waals surface area contributed by atoms with E-state index < -0.39 is 11.9 Å². The van der Waals surface area contributed by atoms with Gasteiger partial charge >= 0.3 is 5.97 Å². The third kappa shape index (κ3) is 1.27. The molecule has 2 rings (SSSR count). The summed E-state index contributed by atoms with van der Waals surface area (Å²) >= 11 is 0. The molecular formula is C10H10FNO2. The smallest absolute Gasteiger partial charge is 0.307 e. The number of carboxylic acid groups (broad SMARTS) is 1. The molecule has 0 amide bonds. The molecule has 4 heteroatoms. The second kappa shape index (κ2) is 3.04. The molecule has 1 unspecified atom stereocenters. The standard InChI is InChI=1S/C10H10FNO2/c1-5-7-2-6(10(13)14)3-8(7)9(11)4-12-5/h4,6H,2-3H2,1H3,(H,13,14). The highest BCUT2D eigenvalue weighted by Crippen LogP contribution is 2.30. The van der Waals surface area contributed by atoms with Gasteiger partial charge in [-0.15, -0.1) is 0 Å². The van der Waals surface area contributed by atoms with E-state index in [2.05, 4.69) is 4.98 Å². The van der Waals surface area contributed by atoms with E-state index in [0.717, 1.165) is 11.3 Å². The molecule has 0 spiro atoms. The zero-order valence-corrected chi connectivity index (χ0v) is 7.75. The van der Waals surface area contributed by atoms with Crippen molar-refractivity contribution in [2.45, 2.75) is 19.8 Å². The number of nitrogens with zero attached hydrogens (tertiary/aromatic N) is 1. The van der Waals surface area contributed by atoms with Gasteiger partial charge in [-0.2, -0.15) is 0 Å². The van der Waals surface area contributed by atoms with Crippen molar-refractivity contribution in [2.24, 2.45) is 5.92 Å². The van der Waals surface area contributed by atoms with Crippen LogP contribution in [0.5, 0.6) is 0 Å². The van der Waals surface area contributed by atoms with Crippen molar-refractivity contribution in [3.63, 3.8) is 0 Å². The summed E-state index contributed by atoms with van der Waals surface area (Å²) in [4.78, 5) is 14.6. The fourth-order valence-corrected chi connectivity index (χ4v) is 1.90. The summed E-state index contributed by atoms with van der Waals surface area (Å²) in [6.45, 7) is 1.78. The van der Waals surface area contributed by atoms with Crippen LogP contribution < -0.4 is 0 Å². The Bertz CT molecular complexity index is 372. The average Bonchev–Trinajstić information content (AvgIpc) is 2.57. The highest BCUT2D eigenvalue weighted by molar-refractivity contribution is 5.72. The second-order valence-electron chi connectivity index (χ2n) is 3.59. The molecule has 14 heavy (non-hydrogen) atoms. The summed E-state index contributed by atoms with van der Waals surface area (Å²) in [5, 5.41) is 8.82. The maximum absolute atomic E-state index is 13.3. The predicted octanol–water partition coefficient (Wildman–Crippen LogP) is 1.33. The van der Waals surface area contributed by atoms with E-state index in [9.17, 15) is 9.18 Å². The molecule has 0 aromatic carbocycles. The number of fused-ring (bicyclic) bond motifs is 1. The monoisotopic (exact) mass is 195 g/mol. The number of aromatic nitrogens is 1. The van der Waals surface area contributed by atoms with E-state index in [1.165, 1.54) is 6.20 Å². The lowest BCUT2D eigenvalue weighted by atomic mass is 10.1. The van der Waals surface area contributed by atoms with Crippen LogP contribution in [0, 0.1) is 18.7 Å². The van der Waals surface area contributed by atoms with Crippen LogP contribution in [0.1, 0.15) is 16.8 Å². The van der Waals surface area contributed by atoms with Gasteiger partial charge in [0.1, 0.15) is 5.82 Å². The first-order valence-electron chi connectivity index (χ1n) is 4.45. The zero-order valence-electron chi connectivity index (χ0n) is 7.75. The molecule has 0 radical (unpaired) electrons. The third-order valence-corrected chi connectivity index (χ3v) is 2.71. The van der Waals surface area contributed by atoms with E-state index >= 15 is 0 Å². The first-order chi connectivity index (χ1) is 6.59. The minimum absolute atomic E-state index is 0.292. The lowest BCUT2D eigenvalue weighted by Gasteiger charge is -2.02. The molecule has 74 valence electrons. The van der Waals surface area contributed by atoms with Crippen molar-refractivity contribution in [2.75, 3.05) is 0 Å². The molecule has 0 saturated carbocycles. The largest absolute Gasteiger partial charge is 0.481 e. The Morgan fingerprint density at radius 3 is 2.79 bits per heavy atom. The second-order valence-corrected chi connectivity index (χ2v) is 3.59. The first-order valence-corrected chi connectivity index (χ1v) is 4.45. The number of hydrogen-bond acceptors (Lipinski definition) is 2. The minimum Gasteiger partial charge on any atom is -0.481 e. The summed E-state index contributed by atoms with van der Waals surface area (Å²) < 4.78 is 13.3. The number of aliphatic carboxylic acids is 1. The quantitative estimate of drug-likeness (QED) is 0.735. The molecule has 1 aromatic rings. The molecule has 0 bridgehead atoms. The Morgan fingerprint density at radius 1 is 1.57 bits per heavy atom. The van der Waals surface area contributed by atoms with Crippen LogP contribution in [0.2, 0.25) is 0 Å². The van der Waals surface area contributed by atoms with E-state index in [0.29, 0.717) is 18.4 Å². The van der Waals surface area contributed by atoms with Gasteiger partial charge in [0.05, 0.1) is 12.1 Å². The molecular weight excluding hydrogens is 185 g/mol. The minimum atomic E-state index is -0.861. The van der Waals surface area contributed by atoms with Crippen molar-refractivity contribution in [3.05, 3.63) is 28.8 Å². The van der Waals surface area contributed by atoms with Gasteiger partial charge in [0, 0.05) is 5.69 Å². The maximum Gasteiger partial charge on any atom is 0.307 e. The fraction of sp³-hybridized carbons (Fsp3) is 0.400. The Kier molecular flexibility index (Phi) is 1.98. The number of carboxylic acids is 1. The van der Waals surface area contributed by atoms with Crippen molar-refractivity contribution in [1.82, 2.24) is 4.98 Å². The van der Waals surface area contributed by atoms with Gasteiger partial charge in [0.15, 0.2) is 0 Å². The Morgan fingerprint density at radius 2 is 2.21 bits per heavy atom. The molecule has 0 fully saturated rings. The lowest BCUT2D eigenvalue weighted by molar-refractivity contribution is -0.141. The number of aryl methyl sites for hydroxylation is 1. The van der Waals surface area contributed by atoms with Crippen molar-refractivity contribution < 1.29 is 14.3 Å². The van der Waals surface area contributed by atoms with Gasteiger partial charge in [-0.25, -0.2) is 4.39 Å². The van der Waals surface area contributed by atoms with Crippen LogP contribution in [0.3, 0.4) is 0 Å². The Labute approximate surface area is 80.6 Å². The number of hydrogen-bond donors (Lipinski definition) is 1. The van der Waals surface area contributed by atoms with Gasteiger partial charge < -0.3 is 5.11 Å². The number of carbonyl (C=O) groups is 1. The topological polar surface area (TPSA) is 50.2 Å². The first kappa shape index (κ1) is 9.12. The molecule has 1 N–H and O–H groups in total. The predicted molar refractivity (Wildman–Crippen MR) is 47.5 cm³/mol. The zero-order chi connectivity index (χ0) is 10.3. The number of halogens is 1. The summed E-state index contributed by atoms with van der Waals surface area (Å²) in [7, 11) is 0. The molecule has 0 saturated heterocycles. The van der Waals surface area contributed by atoms with Gasteiger partial charge in [0.2, 0.25) is 0 Å². The maximum atomic E-state index is 13.3. The van der Waals surface area contributed by atoms with Crippen LogP contribution in [0.4, 0.5) is 4.39 Å². The van der Waals surface area contributed by atoms with Crippen LogP contribution in [-0.4, -0.2) is 16.1 Å². The van der Waals surface area contributed by atoms with Crippen molar-refractivity contribution >= 4 is 5.97 Å². The molecule has 1 aromatic heterocycles. The Balaban J connectivity index is 2.43. The van der Waals surface area contributed by atoms with E-state index in [4.69, 9.17) is 5.11 Å². The summed E-state index contributed by atoms with van der Waals surface area (Å²) in [6, 6.07) is 0. The highest BCUT2D eigenvalue weighted by atomic mass is 19.1. The number of rotatable bonds is 1. The number of pyridine rings is 1.